The average Bonchev–Trinajstić information content (AvgIpc) is 2.52. The molecule has 0 radical (unpaired) electrons. The van der Waals surface area contributed by atoms with Crippen LogP contribution in [-0.4, -0.2) is 0 Å². The van der Waals surface area contributed by atoms with E-state index < -0.39 is 0 Å². The normalized spacial score (nSPS) is 31.0. The van der Waals surface area contributed by atoms with E-state index in [1.54, 1.807) is 0 Å². The number of hydrogen-bond acceptors (Lipinski definition) is 1. The Labute approximate surface area is 75.1 Å². The van der Waals surface area contributed by atoms with Crippen LogP contribution in [0.1, 0.15) is 32.6 Å². The predicted octanol–water partition coefficient (Wildman–Crippen LogP) is 3.14. The molecule has 1 aliphatic carbocycles. The third kappa shape index (κ3) is 2.11. The molecular formula is C11H17N. The lowest BCUT2D eigenvalue weighted by Gasteiger charge is -2.11. The van der Waals surface area contributed by atoms with Gasteiger partial charge in [0.25, 0.3) is 0 Å². The van der Waals surface area contributed by atoms with Crippen LogP contribution in [0.25, 0.3) is 0 Å². The lowest BCUT2D eigenvalue weighted by molar-refractivity contribution is 0.419. The first-order valence-corrected chi connectivity index (χ1v) is 4.78. The molecule has 0 spiro atoms. The van der Waals surface area contributed by atoms with E-state index in [4.69, 9.17) is 5.26 Å². The Kier molecular flexibility index (Phi) is 3.34. The third-order valence-corrected chi connectivity index (χ3v) is 2.99. The first-order chi connectivity index (χ1) is 5.77. The Balaban J connectivity index is 2.35. The van der Waals surface area contributed by atoms with Crippen LogP contribution in [-0.2, 0) is 0 Å². The van der Waals surface area contributed by atoms with Gasteiger partial charge in [-0.1, -0.05) is 6.08 Å². The lowest BCUT2D eigenvalue weighted by atomic mass is 9.92. The van der Waals surface area contributed by atoms with Gasteiger partial charge in [-0.3, -0.25) is 0 Å². The van der Waals surface area contributed by atoms with Crippen LogP contribution in [0.15, 0.2) is 12.7 Å². The van der Waals surface area contributed by atoms with Crippen molar-refractivity contribution in [1.29, 1.82) is 5.26 Å². The van der Waals surface area contributed by atoms with Gasteiger partial charge in [-0.05, 0) is 44.4 Å². The van der Waals surface area contributed by atoms with Gasteiger partial charge in [-0.25, -0.2) is 0 Å². The van der Waals surface area contributed by atoms with Crippen molar-refractivity contribution in [2.24, 2.45) is 17.8 Å². The minimum Gasteiger partial charge on any atom is -0.198 e. The summed E-state index contributed by atoms with van der Waals surface area (Å²) >= 11 is 0. The molecule has 1 saturated carbocycles. The smallest absolute Gasteiger partial charge is 0.0655 e. The van der Waals surface area contributed by atoms with Crippen LogP contribution in [0.3, 0.4) is 0 Å². The fraction of sp³-hybridized carbons (Fsp3) is 0.727. The second-order valence-electron chi connectivity index (χ2n) is 3.88. The maximum Gasteiger partial charge on any atom is 0.0655 e. The van der Waals surface area contributed by atoms with Crippen molar-refractivity contribution in [1.82, 2.24) is 0 Å². The van der Waals surface area contributed by atoms with Crippen LogP contribution in [0.4, 0.5) is 0 Å². The average molecular weight is 163 g/mol. The molecule has 1 nitrogen and oxygen atoms in total. The van der Waals surface area contributed by atoms with Gasteiger partial charge in [0.2, 0.25) is 0 Å². The highest BCUT2D eigenvalue weighted by molar-refractivity contribution is 4.90. The zero-order chi connectivity index (χ0) is 8.97. The van der Waals surface area contributed by atoms with Crippen LogP contribution >= 0.6 is 0 Å². The summed E-state index contributed by atoms with van der Waals surface area (Å²) in [6.07, 6.45) is 6.91. The molecule has 0 aromatic heterocycles. The first kappa shape index (κ1) is 9.32. The fourth-order valence-electron chi connectivity index (χ4n) is 2.12. The van der Waals surface area contributed by atoms with Crippen molar-refractivity contribution in [2.45, 2.75) is 32.6 Å². The Morgan fingerprint density at radius 3 is 3.00 bits per heavy atom. The monoisotopic (exact) mass is 163 g/mol. The van der Waals surface area contributed by atoms with Crippen molar-refractivity contribution in [2.75, 3.05) is 0 Å². The molecular weight excluding hydrogens is 146 g/mol. The number of allylic oxidation sites excluding steroid dienone is 1. The van der Waals surface area contributed by atoms with E-state index in [9.17, 15) is 0 Å². The van der Waals surface area contributed by atoms with Crippen LogP contribution < -0.4 is 0 Å². The maximum atomic E-state index is 8.74. The highest BCUT2D eigenvalue weighted by Crippen LogP contribution is 2.37. The van der Waals surface area contributed by atoms with Crippen molar-refractivity contribution < 1.29 is 0 Å². The summed E-state index contributed by atoms with van der Waals surface area (Å²) in [4.78, 5) is 0. The minimum atomic E-state index is 0.250. The summed E-state index contributed by atoms with van der Waals surface area (Å²) in [5.41, 5.74) is 0. The Hall–Kier alpha value is -0.770. The van der Waals surface area contributed by atoms with Gasteiger partial charge in [0, 0.05) is 5.92 Å². The molecule has 0 amide bonds. The summed E-state index contributed by atoms with van der Waals surface area (Å²) < 4.78 is 0. The molecule has 1 aliphatic rings. The highest BCUT2D eigenvalue weighted by Gasteiger charge is 2.27. The van der Waals surface area contributed by atoms with E-state index in [1.807, 2.05) is 13.0 Å². The molecule has 1 fully saturated rings. The van der Waals surface area contributed by atoms with Crippen LogP contribution in [0, 0.1) is 29.1 Å². The molecule has 0 saturated heterocycles. The Morgan fingerprint density at radius 2 is 2.42 bits per heavy atom. The summed E-state index contributed by atoms with van der Waals surface area (Å²) in [7, 11) is 0. The van der Waals surface area contributed by atoms with E-state index in [1.165, 1.54) is 19.3 Å². The molecule has 0 heterocycles. The molecule has 1 rings (SSSR count). The number of nitriles is 1. The van der Waals surface area contributed by atoms with Gasteiger partial charge in [-0.2, -0.15) is 5.26 Å². The molecule has 12 heavy (non-hydrogen) atoms. The quantitative estimate of drug-likeness (QED) is 0.586. The second-order valence-corrected chi connectivity index (χ2v) is 3.88. The molecule has 2 unspecified atom stereocenters. The van der Waals surface area contributed by atoms with Crippen molar-refractivity contribution in [3.63, 3.8) is 0 Å². The van der Waals surface area contributed by atoms with Gasteiger partial charge >= 0.3 is 0 Å². The summed E-state index contributed by atoms with van der Waals surface area (Å²) in [6.45, 7) is 5.79. The summed E-state index contributed by atoms with van der Waals surface area (Å²) in [6, 6.07) is 2.34. The van der Waals surface area contributed by atoms with Crippen molar-refractivity contribution >= 4 is 0 Å². The molecule has 0 bridgehead atoms. The second kappa shape index (κ2) is 4.30. The van der Waals surface area contributed by atoms with E-state index >= 15 is 0 Å². The van der Waals surface area contributed by atoms with E-state index in [-0.39, 0.29) is 5.92 Å². The Bertz CT molecular complexity index is 190. The molecule has 3 atom stereocenters. The SMILES string of the molecule is C=CC[C@H]1CCC(C(C)C#N)C1. The molecule has 0 aromatic carbocycles. The molecule has 66 valence electrons. The minimum absolute atomic E-state index is 0.250. The van der Waals surface area contributed by atoms with Gasteiger partial charge < -0.3 is 0 Å². The summed E-state index contributed by atoms with van der Waals surface area (Å²) in [5.74, 6) is 1.71. The topological polar surface area (TPSA) is 23.8 Å². The third-order valence-electron chi connectivity index (χ3n) is 2.99. The summed E-state index contributed by atoms with van der Waals surface area (Å²) in [5, 5.41) is 8.74. The van der Waals surface area contributed by atoms with E-state index in [0.29, 0.717) is 5.92 Å². The largest absolute Gasteiger partial charge is 0.198 e. The Morgan fingerprint density at radius 1 is 1.67 bits per heavy atom. The van der Waals surface area contributed by atoms with Crippen LogP contribution in [0.5, 0.6) is 0 Å². The number of hydrogen-bond donors (Lipinski definition) is 0. The zero-order valence-electron chi connectivity index (χ0n) is 7.79. The zero-order valence-corrected chi connectivity index (χ0v) is 7.79. The standard InChI is InChI=1S/C11H17N/c1-3-4-10-5-6-11(7-10)9(2)8-12/h3,9-11H,1,4-7H2,2H3/t9?,10-,11?/m0/s1. The molecule has 0 N–H and O–H groups in total. The predicted molar refractivity (Wildman–Crippen MR) is 50.4 cm³/mol. The number of rotatable bonds is 3. The van der Waals surface area contributed by atoms with E-state index in [2.05, 4.69) is 12.6 Å². The van der Waals surface area contributed by atoms with Gasteiger partial charge in [0.1, 0.15) is 0 Å². The van der Waals surface area contributed by atoms with Gasteiger partial charge in [-0.15, -0.1) is 6.58 Å². The highest BCUT2D eigenvalue weighted by atomic mass is 14.3. The van der Waals surface area contributed by atoms with Gasteiger partial charge in [0.15, 0.2) is 0 Å². The van der Waals surface area contributed by atoms with Crippen molar-refractivity contribution in [3.05, 3.63) is 12.7 Å². The van der Waals surface area contributed by atoms with Crippen molar-refractivity contribution in [3.8, 4) is 6.07 Å². The molecule has 0 aliphatic heterocycles. The molecule has 0 aromatic rings. The maximum absolute atomic E-state index is 8.74. The van der Waals surface area contributed by atoms with E-state index in [0.717, 1.165) is 12.3 Å². The fourth-order valence-corrected chi connectivity index (χ4v) is 2.12. The number of nitrogens with zero attached hydrogens (tertiary/aromatic N) is 1. The lowest BCUT2D eigenvalue weighted by Crippen LogP contribution is -2.05. The van der Waals surface area contributed by atoms with Gasteiger partial charge in [0.05, 0.1) is 6.07 Å². The van der Waals surface area contributed by atoms with Crippen LogP contribution in [0.2, 0.25) is 0 Å². The first-order valence-electron chi connectivity index (χ1n) is 4.78. The molecule has 1 heteroatoms.